The Morgan fingerprint density at radius 3 is 2.12 bits per heavy atom. The highest BCUT2D eigenvalue weighted by molar-refractivity contribution is 6.03. The van der Waals surface area contributed by atoms with E-state index >= 15 is 0 Å². The Morgan fingerprint density at radius 2 is 1.52 bits per heavy atom. The van der Waals surface area contributed by atoms with Gasteiger partial charge in [-0.15, -0.1) is 0 Å². The van der Waals surface area contributed by atoms with Gasteiger partial charge in [0.25, 0.3) is 0 Å². The molecular formula is C33H29N3O4. The summed E-state index contributed by atoms with van der Waals surface area (Å²) >= 11 is 0. The molecule has 2 heterocycles. The fraction of sp³-hybridized carbons (Fsp3) is 0.152. The Labute approximate surface area is 232 Å². The van der Waals surface area contributed by atoms with Crippen molar-refractivity contribution in [3.63, 3.8) is 0 Å². The Hall–Kier alpha value is -4.88. The van der Waals surface area contributed by atoms with Crippen molar-refractivity contribution in [1.29, 1.82) is 0 Å². The molecule has 1 amide bonds. The van der Waals surface area contributed by atoms with E-state index in [0.29, 0.717) is 13.0 Å². The average Bonchev–Trinajstić information content (AvgIpc) is 3.64. The second-order valence-electron chi connectivity index (χ2n) is 9.87. The lowest BCUT2D eigenvalue weighted by molar-refractivity contribution is -0.117. The van der Waals surface area contributed by atoms with Gasteiger partial charge in [-0.1, -0.05) is 72.8 Å². The van der Waals surface area contributed by atoms with Crippen LogP contribution in [0.1, 0.15) is 32.7 Å². The zero-order valence-corrected chi connectivity index (χ0v) is 22.1. The first-order valence-corrected chi connectivity index (χ1v) is 13.2. The number of carboxylic acids is 1. The number of amides is 1. The maximum absolute atomic E-state index is 13.8. The maximum Gasteiger partial charge on any atom is 0.352 e. The Morgan fingerprint density at radius 1 is 0.900 bits per heavy atom. The molecule has 200 valence electrons. The molecule has 1 aromatic heterocycles. The number of rotatable bonds is 8. The number of anilines is 1. The van der Waals surface area contributed by atoms with Crippen molar-refractivity contribution in [1.82, 2.24) is 10.3 Å². The molecule has 0 aliphatic carbocycles. The number of benzene rings is 4. The summed E-state index contributed by atoms with van der Waals surface area (Å²) in [4.78, 5) is 30.1. The summed E-state index contributed by atoms with van der Waals surface area (Å²) in [5.41, 5.74) is 4.92. The largest absolute Gasteiger partial charge is 0.497 e. The van der Waals surface area contributed by atoms with Gasteiger partial charge in [-0.2, -0.15) is 0 Å². The minimum absolute atomic E-state index is 0.0585. The number of H-pyrrole nitrogens is 1. The molecule has 0 spiro atoms. The molecule has 0 fully saturated rings. The lowest BCUT2D eigenvalue weighted by atomic mass is 9.77. The van der Waals surface area contributed by atoms with Crippen LogP contribution in [0.15, 0.2) is 103 Å². The van der Waals surface area contributed by atoms with E-state index in [9.17, 15) is 14.7 Å². The van der Waals surface area contributed by atoms with Crippen LogP contribution in [-0.2, 0) is 16.8 Å². The molecule has 0 atom stereocenters. The third-order valence-electron chi connectivity index (χ3n) is 7.74. The highest BCUT2D eigenvalue weighted by Gasteiger charge is 2.37. The molecule has 0 saturated heterocycles. The summed E-state index contributed by atoms with van der Waals surface area (Å²) < 4.78 is 5.42. The van der Waals surface area contributed by atoms with Crippen LogP contribution in [0.3, 0.4) is 0 Å². The van der Waals surface area contributed by atoms with Crippen LogP contribution in [0.5, 0.6) is 5.75 Å². The van der Waals surface area contributed by atoms with E-state index in [1.54, 1.807) is 18.1 Å². The van der Waals surface area contributed by atoms with Crippen molar-refractivity contribution in [2.24, 2.45) is 0 Å². The Kier molecular flexibility index (Phi) is 6.58. The standard InChI is InChI=1S/C33H29N3O4/c1-40-25-14-12-24(13-15-25)33(22-8-4-2-5-9-22,23-10-6-3-7-11-23)34-21-31(37)36-19-18-26-27-20-29(32(38)39)35-28(27)16-17-30(26)36/h2-17,20,34-35H,18-19,21H2,1H3,(H,38,39). The molecular weight excluding hydrogens is 502 g/mol. The Bertz CT molecular complexity index is 1640. The van der Waals surface area contributed by atoms with E-state index in [1.165, 1.54) is 0 Å². The van der Waals surface area contributed by atoms with Crippen LogP contribution < -0.4 is 15.0 Å². The SMILES string of the molecule is COc1ccc(C(NCC(=O)N2CCc3c2ccc2[nH]c(C(=O)O)cc32)(c2ccccc2)c2ccccc2)cc1. The first-order chi connectivity index (χ1) is 19.5. The summed E-state index contributed by atoms with van der Waals surface area (Å²) in [6.45, 7) is 0.621. The highest BCUT2D eigenvalue weighted by atomic mass is 16.5. The van der Waals surface area contributed by atoms with Gasteiger partial charge in [0.15, 0.2) is 0 Å². The maximum atomic E-state index is 13.8. The number of methoxy groups -OCH3 is 1. The minimum atomic E-state index is -1.00. The number of carbonyl (C=O) groups is 2. The van der Waals surface area contributed by atoms with E-state index in [2.05, 4.69) is 34.6 Å². The first-order valence-electron chi connectivity index (χ1n) is 13.2. The summed E-state index contributed by atoms with van der Waals surface area (Å²) in [5.74, 6) is -0.306. The molecule has 7 nitrogen and oxygen atoms in total. The van der Waals surface area contributed by atoms with Crippen LogP contribution in [0.25, 0.3) is 10.9 Å². The number of fused-ring (bicyclic) bond motifs is 3. The molecule has 0 saturated carbocycles. The highest BCUT2D eigenvalue weighted by Crippen LogP contribution is 2.38. The lowest BCUT2D eigenvalue weighted by Crippen LogP contribution is -2.49. The van der Waals surface area contributed by atoms with Crippen molar-refractivity contribution < 1.29 is 19.4 Å². The normalized spacial score (nSPS) is 12.9. The van der Waals surface area contributed by atoms with E-state index in [4.69, 9.17) is 4.74 Å². The number of nitrogens with one attached hydrogen (secondary N) is 2. The number of carbonyl (C=O) groups excluding carboxylic acids is 1. The van der Waals surface area contributed by atoms with Gasteiger partial charge in [0.1, 0.15) is 11.4 Å². The third kappa shape index (κ3) is 4.30. The van der Waals surface area contributed by atoms with Crippen LogP contribution in [0, 0.1) is 0 Å². The monoisotopic (exact) mass is 531 g/mol. The number of aromatic nitrogens is 1. The van der Waals surface area contributed by atoms with Gasteiger partial charge in [-0.3, -0.25) is 10.1 Å². The molecule has 3 N–H and O–H groups in total. The van der Waals surface area contributed by atoms with Crippen molar-refractivity contribution in [2.75, 3.05) is 25.1 Å². The fourth-order valence-electron chi connectivity index (χ4n) is 5.81. The van der Waals surface area contributed by atoms with E-state index in [-0.39, 0.29) is 18.1 Å². The number of carboxylic acid groups (broad SMARTS) is 1. The topological polar surface area (TPSA) is 94.7 Å². The van der Waals surface area contributed by atoms with Crippen molar-refractivity contribution in [2.45, 2.75) is 12.0 Å². The van der Waals surface area contributed by atoms with Gasteiger partial charge in [-0.05, 0) is 59.0 Å². The second-order valence-corrected chi connectivity index (χ2v) is 9.87. The van der Waals surface area contributed by atoms with Gasteiger partial charge in [0.2, 0.25) is 5.91 Å². The predicted molar refractivity (Wildman–Crippen MR) is 155 cm³/mol. The van der Waals surface area contributed by atoms with Crippen LogP contribution in [0.2, 0.25) is 0 Å². The van der Waals surface area contributed by atoms with Crippen molar-refractivity contribution in [3.8, 4) is 5.75 Å². The molecule has 0 bridgehead atoms. The Balaban J connectivity index is 1.38. The summed E-state index contributed by atoms with van der Waals surface area (Å²) in [7, 11) is 1.64. The number of hydrogen-bond donors (Lipinski definition) is 3. The summed E-state index contributed by atoms with van der Waals surface area (Å²) in [6, 6.07) is 33.6. The molecule has 40 heavy (non-hydrogen) atoms. The molecule has 7 heteroatoms. The number of aromatic carboxylic acids is 1. The zero-order chi connectivity index (χ0) is 27.7. The smallest absolute Gasteiger partial charge is 0.352 e. The average molecular weight is 532 g/mol. The second kappa shape index (κ2) is 10.4. The number of nitrogens with zero attached hydrogens (tertiary/aromatic N) is 1. The minimum Gasteiger partial charge on any atom is -0.497 e. The van der Waals surface area contributed by atoms with E-state index in [1.807, 2.05) is 72.8 Å². The molecule has 0 unspecified atom stereocenters. The molecule has 5 aromatic rings. The van der Waals surface area contributed by atoms with Crippen LogP contribution >= 0.6 is 0 Å². The van der Waals surface area contributed by atoms with Gasteiger partial charge in [0, 0.05) is 23.1 Å². The fourth-order valence-corrected chi connectivity index (χ4v) is 5.81. The van der Waals surface area contributed by atoms with Gasteiger partial charge >= 0.3 is 5.97 Å². The number of hydrogen-bond acceptors (Lipinski definition) is 4. The molecule has 1 aliphatic heterocycles. The third-order valence-corrected chi connectivity index (χ3v) is 7.74. The van der Waals surface area contributed by atoms with E-state index < -0.39 is 11.5 Å². The van der Waals surface area contributed by atoms with E-state index in [0.717, 1.165) is 44.6 Å². The van der Waals surface area contributed by atoms with Crippen molar-refractivity contribution in [3.05, 3.63) is 131 Å². The number of ether oxygens (including phenoxy) is 1. The van der Waals surface area contributed by atoms with Crippen LogP contribution in [0.4, 0.5) is 5.69 Å². The zero-order valence-electron chi connectivity index (χ0n) is 22.1. The van der Waals surface area contributed by atoms with Crippen molar-refractivity contribution >= 4 is 28.5 Å². The summed E-state index contributed by atoms with van der Waals surface area (Å²) in [5, 5.41) is 13.9. The first kappa shape index (κ1) is 25.4. The quantitative estimate of drug-likeness (QED) is 0.235. The van der Waals surface area contributed by atoms with Gasteiger partial charge < -0.3 is 19.7 Å². The molecule has 0 radical (unpaired) electrons. The summed E-state index contributed by atoms with van der Waals surface area (Å²) in [6.07, 6.45) is 0.663. The number of aromatic amines is 1. The van der Waals surface area contributed by atoms with Gasteiger partial charge in [-0.25, -0.2) is 4.79 Å². The molecule has 4 aromatic carbocycles. The molecule has 1 aliphatic rings. The predicted octanol–water partition coefficient (Wildman–Crippen LogP) is 5.35. The van der Waals surface area contributed by atoms with Gasteiger partial charge in [0.05, 0.1) is 19.2 Å². The lowest BCUT2D eigenvalue weighted by Gasteiger charge is -2.37. The van der Waals surface area contributed by atoms with Crippen LogP contribution in [-0.4, -0.2) is 42.2 Å². The molecule has 6 rings (SSSR count).